The zero-order valence-electron chi connectivity index (χ0n) is 23.9. The smallest absolute Gasteiger partial charge is 0.252 e. The largest absolute Gasteiger partial charge is 0.455 e. The van der Waals surface area contributed by atoms with Gasteiger partial charge in [0.15, 0.2) is 6.29 Å². The van der Waals surface area contributed by atoms with Crippen molar-refractivity contribution in [2.75, 3.05) is 37.6 Å². The molecule has 0 aliphatic carbocycles. The number of fused-ring (bicyclic) bond motifs is 4. The summed E-state index contributed by atoms with van der Waals surface area (Å²) in [5.74, 6) is 4.08. The molecule has 8 rings (SSSR count). The molecule has 0 aromatic heterocycles. The number of nitrogens with one attached hydrogen (secondary N) is 1. The topological polar surface area (TPSA) is 61.6 Å². The van der Waals surface area contributed by atoms with Crippen LogP contribution in [0.2, 0.25) is 0 Å². The van der Waals surface area contributed by atoms with Crippen LogP contribution in [0.25, 0.3) is 5.57 Å². The number of hydrogen-bond acceptors (Lipinski definition) is 4. The highest BCUT2D eigenvalue weighted by Crippen LogP contribution is 2.48. The first kappa shape index (κ1) is 25.3. The van der Waals surface area contributed by atoms with Gasteiger partial charge in [-0.05, 0) is 73.9 Å². The molecule has 210 valence electrons. The number of aryl methyl sites for hydroxylation is 2. The summed E-state index contributed by atoms with van der Waals surface area (Å²) in [6.07, 6.45) is 14.8. The van der Waals surface area contributed by atoms with Gasteiger partial charge in [0.25, 0.3) is 5.91 Å². The van der Waals surface area contributed by atoms with Crippen molar-refractivity contribution in [2.24, 2.45) is 0 Å². The minimum absolute atomic E-state index is 0.141. The highest BCUT2D eigenvalue weighted by atomic mass is 16.5. The summed E-state index contributed by atoms with van der Waals surface area (Å²) in [5.41, 5.74) is 10.6. The number of carbonyl (C=O) groups is 2. The van der Waals surface area contributed by atoms with Crippen LogP contribution >= 0.6 is 0 Å². The molecule has 0 saturated carbocycles. The Balaban J connectivity index is 1.45. The van der Waals surface area contributed by atoms with E-state index in [4.69, 9.17) is 11.2 Å². The molecular formula is C36H34N3O3+. The molecule has 1 N–H and O–H groups in total. The van der Waals surface area contributed by atoms with Gasteiger partial charge in [0.2, 0.25) is 5.36 Å². The second-order valence-electron chi connectivity index (χ2n) is 12.2. The molecule has 0 bridgehead atoms. The van der Waals surface area contributed by atoms with Crippen molar-refractivity contribution in [3.63, 3.8) is 0 Å². The summed E-state index contributed by atoms with van der Waals surface area (Å²) in [6, 6.07) is 10.1. The van der Waals surface area contributed by atoms with Crippen LogP contribution in [0, 0.1) is 12.3 Å². The number of carbonyl (C=O) groups excluding carboxylic acids is 2. The standard InChI is InChI=1S/C36H33N3O3/c1-2-13-37-36(41)24-11-12-26(25(18-24)21-40)31-29-19-22-7-3-14-38-16-5-9-27(32(22)38)34(29)42-35-28-10-6-17-39-15-4-8-23(33(28)39)20-30(31)35/h1,11-12,18-21H,3-10,13-17H2/p+1. The first-order chi connectivity index (χ1) is 20.7. The summed E-state index contributed by atoms with van der Waals surface area (Å²) >= 11 is 0. The molecule has 6 heteroatoms. The Labute approximate surface area is 245 Å². The van der Waals surface area contributed by atoms with Crippen LogP contribution in [0.15, 0.2) is 30.3 Å². The molecule has 6 nitrogen and oxygen atoms in total. The normalized spacial score (nSPS) is 17.6. The summed E-state index contributed by atoms with van der Waals surface area (Å²) in [7, 11) is 0. The maximum Gasteiger partial charge on any atom is 0.252 e. The Kier molecular flexibility index (Phi) is 5.96. The quantitative estimate of drug-likeness (QED) is 0.238. The Morgan fingerprint density at radius 2 is 1.74 bits per heavy atom. The van der Waals surface area contributed by atoms with Gasteiger partial charge >= 0.3 is 0 Å². The lowest BCUT2D eigenvalue weighted by atomic mass is 9.81. The van der Waals surface area contributed by atoms with Crippen LogP contribution in [0.3, 0.4) is 0 Å². The van der Waals surface area contributed by atoms with Crippen LogP contribution < -0.4 is 30.1 Å². The molecule has 5 aliphatic heterocycles. The number of benzene rings is 3. The monoisotopic (exact) mass is 556 g/mol. The summed E-state index contributed by atoms with van der Waals surface area (Å²) in [6.45, 7) is 4.52. The van der Waals surface area contributed by atoms with Crippen LogP contribution in [-0.2, 0) is 25.7 Å². The predicted octanol–water partition coefficient (Wildman–Crippen LogP) is 3.30. The highest BCUT2D eigenvalue weighted by Gasteiger charge is 2.36. The van der Waals surface area contributed by atoms with Crippen LogP contribution in [0.4, 0.5) is 5.69 Å². The number of amides is 1. The second kappa shape index (κ2) is 9.87. The van der Waals surface area contributed by atoms with Gasteiger partial charge in [-0.25, -0.2) is 4.58 Å². The van der Waals surface area contributed by atoms with Crippen molar-refractivity contribution in [2.45, 2.75) is 51.4 Å². The van der Waals surface area contributed by atoms with Gasteiger partial charge < -0.3 is 15.0 Å². The first-order valence-corrected chi connectivity index (χ1v) is 15.4. The number of nitrogens with zero attached hydrogens (tertiary/aromatic N) is 2. The molecule has 3 aromatic rings. The predicted molar refractivity (Wildman–Crippen MR) is 163 cm³/mol. The summed E-state index contributed by atoms with van der Waals surface area (Å²) in [4.78, 5) is 28.0. The average molecular weight is 557 g/mol. The van der Waals surface area contributed by atoms with E-state index in [1.807, 2.05) is 12.1 Å². The molecule has 0 radical (unpaired) electrons. The van der Waals surface area contributed by atoms with Gasteiger partial charge in [-0.3, -0.25) is 9.59 Å². The van der Waals surface area contributed by atoms with Crippen molar-refractivity contribution >= 4 is 23.5 Å². The van der Waals surface area contributed by atoms with E-state index >= 15 is 0 Å². The average Bonchev–Trinajstić information content (AvgIpc) is 3.03. The van der Waals surface area contributed by atoms with Crippen LogP contribution in [0.5, 0.6) is 11.5 Å². The first-order valence-electron chi connectivity index (χ1n) is 15.4. The summed E-state index contributed by atoms with van der Waals surface area (Å²) < 4.78 is 9.66. The third-order valence-electron chi connectivity index (χ3n) is 9.75. The van der Waals surface area contributed by atoms with E-state index in [0.29, 0.717) is 11.1 Å². The number of anilines is 1. The fraction of sp³-hybridized carbons (Fsp3) is 0.361. The zero-order valence-corrected chi connectivity index (χ0v) is 23.9. The minimum atomic E-state index is -0.280. The molecular weight excluding hydrogens is 522 g/mol. The van der Waals surface area contributed by atoms with Gasteiger partial charge in [0.1, 0.15) is 24.6 Å². The van der Waals surface area contributed by atoms with E-state index < -0.39 is 0 Å². The second-order valence-corrected chi connectivity index (χ2v) is 12.2. The van der Waals surface area contributed by atoms with Gasteiger partial charge in [-0.2, -0.15) is 0 Å². The third kappa shape index (κ3) is 3.76. The SMILES string of the molecule is C#CCNC(=O)c1ccc(C2=c3cc4c5c(c3Oc3c2cc2c6c3CCCN6CCC2)CCC[N+]=5CCC4)c(C=O)c1. The molecule has 1 amide bonds. The van der Waals surface area contributed by atoms with Gasteiger partial charge in [0.05, 0.1) is 12.1 Å². The van der Waals surface area contributed by atoms with Crippen molar-refractivity contribution in [1.82, 2.24) is 9.89 Å². The van der Waals surface area contributed by atoms with Crippen molar-refractivity contribution < 1.29 is 14.3 Å². The molecule has 0 spiro atoms. The Morgan fingerprint density at radius 1 is 0.952 bits per heavy atom. The molecule has 0 fully saturated rings. The van der Waals surface area contributed by atoms with E-state index in [1.54, 1.807) is 6.07 Å². The maximum absolute atomic E-state index is 12.8. The molecule has 0 atom stereocenters. The molecule has 5 aliphatic rings. The van der Waals surface area contributed by atoms with Crippen molar-refractivity contribution in [3.8, 4) is 23.8 Å². The molecule has 0 saturated heterocycles. The number of terminal acetylenes is 1. The zero-order chi connectivity index (χ0) is 28.4. The van der Waals surface area contributed by atoms with E-state index in [1.165, 1.54) is 33.3 Å². The summed E-state index contributed by atoms with van der Waals surface area (Å²) in [5, 5.41) is 5.17. The maximum atomic E-state index is 12.8. The third-order valence-corrected chi connectivity index (χ3v) is 9.75. The van der Waals surface area contributed by atoms with Crippen LogP contribution in [-0.4, -0.2) is 44.9 Å². The van der Waals surface area contributed by atoms with Crippen LogP contribution in [0.1, 0.15) is 79.8 Å². The fourth-order valence-electron chi connectivity index (χ4n) is 8.07. The minimum Gasteiger partial charge on any atom is -0.455 e. The molecule has 3 aromatic carbocycles. The fourth-order valence-corrected chi connectivity index (χ4v) is 8.07. The molecule has 42 heavy (non-hydrogen) atoms. The lowest BCUT2D eigenvalue weighted by molar-refractivity contribution is 0.0958. The number of ether oxygens (including phenoxy) is 1. The molecule has 5 heterocycles. The lowest BCUT2D eigenvalue weighted by Crippen LogP contribution is -2.45. The lowest BCUT2D eigenvalue weighted by Gasteiger charge is -2.39. The van der Waals surface area contributed by atoms with E-state index in [2.05, 4.69) is 32.8 Å². The van der Waals surface area contributed by atoms with Gasteiger partial charge in [0, 0.05) is 70.2 Å². The van der Waals surface area contributed by atoms with E-state index in [-0.39, 0.29) is 12.5 Å². The van der Waals surface area contributed by atoms with Gasteiger partial charge in [-0.1, -0.05) is 12.0 Å². The van der Waals surface area contributed by atoms with Gasteiger partial charge in [-0.15, -0.1) is 6.42 Å². The molecule has 0 unspecified atom stereocenters. The van der Waals surface area contributed by atoms with E-state index in [9.17, 15) is 9.59 Å². The number of hydrogen-bond donors (Lipinski definition) is 1. The number of rotatable bonds is 4. The highest BCUT2D eigenvalue weighted by molar-refractivity contribution is 6.00. The van der Waals surface area contributed by atoms with Crippen molar-refractivity contribution in [3.05, 3.63) is 85.4 Å². The Hall–Kier alpha value is -4.37. The Morgan fingerprint density at radius 3 is 2.57 bits per heavy atom. The number of aldehydes is 1. The van der Waals surface area contributed by atoms with Crippen molar-refractivity contribution in [1.29, 1.82) is 0 Å². The Bertz CT molecular complexity index is 1870. The van der Waals surface area contributed by atoms with E-state index in [0.717, 1.165) is 117 Å².